The minimum Gasteiger partial charge on any atom is -0.328 e. The smallest absolute Gasteiger partial charge is 0.328 e. The molecular formula is C7H11K. The molecule has 0 aromatic rings. The summed E-state index contributed by atoms with van der Waals surface area (Å²) in [4.78, 5) is 0. The van der Waals surface area contributed by atoms with Gasteiger partial charge in [0.25, 0.3) is 0 Å². The van der Waals surface area contributed by atoms with E-state index in [1.807, 2.05) is 0 Å². The predicted octanol–water partition coefficient (Wildman–Crippen LogP) is -0.841. The monoisotopic (exact) mass is 134 g/mol. The number of rotatable bonds is 0. The van der Waals surface area contributed by atoms with E-state index in [2.05, 4.69) is 6.42 Å². The molecule has 2 fully saturated rings. The summed E-state index contributed by atoms with van der Waals surface area (Å²) in [6, 6.07) is 0. The predicted molar refractivity (Wildman–Crippen MR) is 29.8 cm³/mol. The Kier molecular flexibility index (Phi) is 2.62. The third kappa shape index (κ3) is 1.08. The summed E-state index contributed by atoms with van der Waals surface area (Å²) < 4.78 is 0. The third-order valence-electron chi connectivity index (χ3n) is 2.57. The van der Waals surface area contributed by atoms with Crippen LogP contribution in [-0.2, 0) is 0 Å². The second kappa shape index (κ2) is 2.71. The fraction of sp³-hybridized carbons (Fsp3) is 0.857. The first-order chi connectivity index (χ1) is 3.41. The molecule has 0 aromatic carbocycles. The first-order valence-electron chi connectivity index (χ1n) is 3.23. The molecule has 1 spiro atoms. The van der Waals surface area contributed by atoms with Crippen LogP contribution in [0.5, 0.6) is 0 Å². The van der Waals surface area contributed by atoms with E-state index >= 15 is 0 Å². The van der Waals surface area contributed by atoms with Crippen LogP contribution >= 0.6 is 0 Å². The molecule has 0 saturated heterocycles. The molecule has 0 N–H and O–H groups in total. The summed E-state index contributed by atoms with van der Waals surface area (Å²) in [6.07, 6.45) is 9.86. The molecule has 1 heteroatoms. The molecule has 0 nitrogen and oxygen atoms in total. The Hall–Kier alpha value is 1.64. The molecule has 0 radical (unpaired) electrons. The van der Waals surface area contributed by atoms with Gasteiger partial charge in [0, 0.05) is 0 Å². The summed E-state index contributed by atoms with van der Waals surface area (Å²) >= 11 is 0. The second-order valence-electron chi connectivity index (χ2n) is 3.05. The Balaban J connectivity index is 0.000000320. The van der Waals surface area contributed by atoms with E-state index in [1.165, 1.54) is 32.1 Å². The van der Waals surface area contributed by atoms with Gasteiger partial charge in [-0.3, -0.25) is 0 Å². The minimum atomic E-state index is 0. The molecule has 0 unspecified atom stereocenters. The first kappa shape index (κ1) is 7.74. The fourth-order valence-electron chi connectivity index (χ4n) is 1.64. The summed E-state index contributed by atoms with van der Waals surface area (Å²) in [5, 5.41) is 0. The van der Waals surface area contributed by atoms with Gasteiger partial charge in [-0.05, 0) is 0 Å². The normalized spacial score (nSPS) is 30.0. The average Bonchev–Trinajstić information content (AvgIpc) is 1.20. The van der Waals surface area contributed by atoms with Gasteiger partial charge in [0.2, 0.25) is 0 Å². The topological polar surface area (TPSA) is 0 Å². The van der Waals surface area contributed by atoms with E-state index in [1.54, 1.807) is 0 Å². The summed E-state index contributed by atoms with van der Waals surface area (Å²) in [6.45, 7) is 0. The Labute approximate surface area is 93.8 Å². The Morgan fingerprint density at radius 2 is 1.75 bits per heavy atom. The molecule has 8 heavy (non-hydrogen) atoms. The molecule has 0 atom stereocenters. The Morgan fingerprint density at radius 3 is 1.75 bits per heavy atom. The van der Waals surface area contributed by atoms with Gasteiger partial charge in [0.05, 0.1) is 0 Å². The zero-order chi connectivity index (χ0) is 4.74. The van der Waals surface area contributed by atoms with Crippen molar-refractivity contribution in [1.82, 2.24) is 0 Å². The van der Waals surface area contributed by atoms with Crippen molar-refractivity contribution in [2.75, 3.05) is 0 Å². The first-order valence-corrected chi connectivity index (χ1v) is 3.23. The van der Waals surface area contributed by atoms with Gasteiger partial charge in [-0.15, -0.1) is 0 Å². The zero-order valence-corrected chi connectivity index (χ0v) is 8.74. The summed E-state index contributed by atoms with van der Waals surface area (Å²) in [5.74, 6) is 0. The van der Waals surface area contributed by atoms with E-state index in [9.17, 15) is 0 Å². The summed E-state index contributed by atoms with van der Waals surface area (Å²) in [7, 11) is 0. The van der Waals surface area contributed by atoms with Gasteiger partial charge in [0.1, 0.15) is 0 Å². The maximum absolute atomic E-state index is 2.42. The van der Waals surface area contributed by atoms with Crippen LogP contribution < -0.4 is 51.4 Å². The Morgan fingerprint density at radius 1 is 1.12 bits per heavy atom. The zero-order valence-electron chi connectivity index (χ0n) is 5.61. The van der Waals surface area contributed by atoms with Gasteiger partial charge in [-0.1, -0.05) is 24.7 Å². The molecule has 0 amide bonds. The molecular weight excluding hydrogens is 123 g/mol. The number of hydrogen-bond acceptors (Lipinski definition) is 0. The molecule has 0 aliphatic heterocycles. The van der Waals surface area contributed by atoms with E-state index < -0.39 is 0 Å². The van der Waals surface area contributed by atoms with Crippen molar-refractivity contribution in [2.24, 2.45) is 5.41 Å². The number of hydrogen-bond donors (Lipinski definition) is 0. The van der Waals surface area contributed by atoms with Crippen molar-refractivity contribution in [3.05, 3.63) is 6.42 Å². The second-order valence-corrected chi connectivity index (χ2v) is 3.05. The quantitative estimate of drug-likeness (QED) is 0.299. The van der Waals surface area contributed by atoms with Gasteiger partial charge in [-0.2, -0.15) is 12.8 Å². The van der Waals surface area contributed by atoms with Crippen LogP contribution in [0.3, 0.4) is 0 Å². The van der Waals surface area contributed by atoms with Crippen LogP contribution in [0, 0.1) is 11.8 Å². The van der Waals surface area contributed by atoms with Crippen LogP contribution in [0.2, 0.25) is 0 Å². The van der Waals surface area contributed by atoms with Crippen molar-refractivity contribution >= 4 is 0 Å². The molecule has 0 bridgehead atoms. The van der Waals surface area contributed by atoms with E-state index in [0.29, 0.717) is 0 Å². The molecule has 0 heterocycles. The average molecular weight is 134 g/mol. The van der Waals surface area contributed by atoms with Crippen molar-refractivity contribution in [3.8, 4) is 0 Å². The third-order valence-corrected chi connectivity index (χ3v) is 2.57. The molecule has 2 rings (SSSR count). The molecule has 2 saturated carbocycles. The van der Waals surface area contributed by atoms with Crippen LogP contribution in [0.4, 0.5) is 0 Å². The maximum Gasteiger partial charge on any atom is 1.00 e. The van der Waals surface area contributed by atoms with Crippen molar-refractivity contribution in [1.29, 1.82) is 0 Å². The summed E-state index contributed by atoms with van der Waals surface area (Å²) in [5.41, 5.74) is 0.889. The van der Waals surface area contributed by atoms with Gasteiger partial charge < -0.3 is 6.42 Å². The SMILES string of the molecule is [CH-]1CC2(C1)CCC2.[K+]. The van der Waals surface area contributed by atoms with Crippen molar-refractivity contribution in [3.63, 3.8) is 0 Å². The van der Waals surface area contributed by atoms with Crippen LogP contribution in [0.1, 0.15) is 32.1 Å². The molecule has 40 valence electrons. The van der Waals surface area contributed by atoms with Gasteiger partial charge in [0.15, 0.2) is 0 Å². The van der Waals surface area contributed by atoms with Crippen LogP contribution in [0.15, 0.2) is 0 Å². The molecule has 2 aliphatic carbocycles. The fourth-order valence-corrected chi connectivity index (χ4v) is 1.64. The minimum absolute atomic E-state index is 0. The van der Waals surface area contributed by atoms with E-state index in [4.69, 9.17) is 0 Å². The van der Waals surface area contributed by atoms with E-state index in [-0.39, 0.29) is 51.4 Å². The standard InChI is InChI=1S/C7H11.K/c1-3-7(4-1)5-2-6-7;/h1H,2-6H2;/q-1;+1. The van der Waals surface area contributed by atoms with Gasteiger partial charge in [-0.25, -0.2) is 0 Å². The van der Waals surface area contributed by atoms with E-state index in [0.717, 1.165) is 5.41 Å². The van der Waals surface area contributed by atoms with Gasteiger partial charge >= 0.3 is 51.4 Å². The van der Waals surface area contributed by atoms with Crippen molar-refractivity contribution < 1.29 is 51.4 Å². The maximum atomic E-state index is 2.42. The Bertz CT molecular complexity index is 64.9. The van der Waals surface area contributed by atoms with Crippen LogP contribution in [0.25, 0.3) is 0 Å². The molecule has 2 aliphatic rings. The molecule has 0 aromatic heterocycles. The van der Waals surface area contributed by atoms with Crippen LogP contribution in [-0.4, -0.2) is 0 Å². The van der Waals surface area contributed by atoms with Crippen molar-refractivity contribution in [2.45, 2.75) is 32.1 Å². The largest absolute Gasteiger partial charge is 1.00 e.